The number of allylic oxidation sites excluding steroid dienone is 2. The van der Waals surface area contributed by atoms with E-state index in [-0.39, 0.29) is 11.2 Å². The Morgan fingerprint density at radius 3 is 1.83 bits per heavy atom. The van der Waals surface area contributed by atoms with Crippen LogP contribution >= 0.6 is 0 Å². The summed E-state index contributed by atoms with van der Waals surface area (Å²) in [6.07, 6.45) is 3.77. The van der Waals surface area contributed by atoms with Crippen molar-refractivity contribution in [3.63, 3.8) is 0 Å². The second-order valence-electron chi connectivity index (χ2n) is 4.12. The minimum Gasteiger partial charge on any atom is -0.294 e. The topological polar surface area (TPSA) is 17.1 Å². The standard InChI is InChI=1S/C11H20O/c1-6-9(7-2)8-10(12)11(3,4)5/h8H,6-7H2,1-5H3. The first-order valence-electron chi connectivity index (χ1n) is 4.65. The highest BCUT2D eigenvalue weighted by Crippen LogP contribution is 2.17. The van der Waals surface area contributed by atoms with E-state index in [1.165, 1.54) is 5.57 Å². The molecule has 0 atom stereocenters. The van der Waals surface area contributed by atoms with Gasteiger partial charge in [0.25, 0.3) is 0 Å². The molecule has 0 saturated carbocycles. The van der Waals surface area contributed by atoms with Gasteiger partial charge in [-0.25, -0.2) is 0 Å². The number of hydrogen-bond acceptors (Lipinski definition) is 1. The monoisotopic (exact) mass is 168 g/mol. The Balaban J connectivity index is 4.42. The molecule has 0 radical (unpaired) electrons. The average molecular weight is 168 g/mol. The molecule has 0 aliphatic rings. The van der Waals surface area contributed by atoms with Crippen LogP contribution in [0, 0.1) is 5.41 Å². The van der Waals surface area contributed by atoms with Gasteiger partial charge >= 0.3 is 0 Å². The average Bonchev–Trinajstić information content (AvgIpc) is 1.97. The Hall–Kier alpha value is -0.590. The fourth-order valence-corrected chi connectivity index (χ4v) is 0.856. The molecule has 70 valence electrons. The number of carbonyl (C=O) groups excluding carboxylic acids is 1. The SMILES string of the molecule is CCC(=CC(=O)C(C)(C)C)CC. The van der Waals surface area contributed by atoms with Gasteiger partial charge in [0.15, 0.2) is 5.78 Å². The molecule has 0 aliphatic carbocycles. The van der Waals surface area contributed by atoms with Gasteiger partial charge in [-0.3, -0.25) is 4.79 Å². The summed E-state index contributed by atoms with van der Waals surface area (Å²) in [7, 11) is 0. The van der Waals surface area contributed by atoms with Crippen LogP contribution in [0.2, 0.25) is 0 Å². The van der Waals surface area contributed by atoms with Crippen molar-refractivity contribution in [2.24, 2.45) is 5.41 Å². The first-order valence-corrected chi connectivity index (χ1v) is 4.65. The molecule has 0 bridgehead atoms. The van der Waals surface area contributed by atoms with E-state index in [1.807, 2.05) is 20.8 Å². The molecule has 0 aliphatic heterocycles. The van der Waals surface area contributed by atoms with Crippen molar-refractivity contribution < 1.29 is 4.79 Å². The summed E-state index contributed by atoms with van der Waals surface area (Å²) in [6, 6.07) is 0. The minimum absolute atomic E-state index is 0.227. The predicted octanol–water partition coefficient (Wildman–Crippen LogP) is 3.35. The molecule has 0 rings (SSSR count). The van der Waals surface area contributed by atoms with Crippen molar-refractivity contribution in [3.8, 4) is 0 Å². The van der Waals surface area contributed by atoms with E-state index in [2.05, 4.69) is 13.8 Å². The lowest BCUT2D eigenvalue weighted by Crippen LogP contribution is -2.17. The van der Waals surface area contributed by atoms with Crippen LogP contribution in [0.4, 0.5) is 0 Å². The zero-order chi connectivity index (χ0) is 9.78. The van der Waals surface area contributed by atoms with Crippen molar-refractivity contribution in [1.29, 1.82) is 0 Å². The Morgan fingerprint density at radius 2 is 1.58 bits per heavy atom. The van der Waals surface area contributed by atoms with E-state index in [0.29, 0.717) is 0 Å². The number of hydrogen-bond donors (Lipinski definition) is 0. The largest absolute Gasteiger partial charge is 0.294 e. The maximum Gasteiger partial charge on any atom is 0.160 e. The minimum atomic E-state index is -0.227. The summed E-state index contributed by atoms with van der Waals surface area (Å²) in [5.74, 6) is 0.237. The van der Waals surface area contributed by atoms with Gasteiger partial charge in [0.1, 0.15) is 0 Å². The molecule has 0 aromatic heterocycles. The highest BCUT2D eigenvalue weighted by molar-refractivity contribution is 5.94. The van der Waals surface area contributed by atoms with Gasteiger partial charge in [0.05, 0.1) is 0 Å². The fourth-order valence-electron chi connectivity index (χ4n) is 0.856. The molecule has 0 fully saturated rings. The maximum absolute atomic E-state index is 11.5. The third-order valence-corrected chi connectivity index (χ3v) is 1.98. The molecule has 0 saturated heterocycles. The van der Waals surface area contributed by atoms with Gasteiger partial charge in [-0.15, -0.1) is 0 Å². The third-order valence-electron chi connectivity index (χ3n) is 1.98. The molecule has 0 amide bonds. The van der Waals surface area contributed by atoms with E-state index < -0.39 is 0 Å². The van der Waals surface area contributed by atoms with Crippen molar-refractivity contribution >= 4 is 5.78 Å². The van der Waals surface area contributed by atoms with E-state index >= 15 is 0 Å². The van der Waals surface area contributed by atoms with Gasteiger partial charge in [0, 0.05) is 5.41 Å². The lowest BCUT2D eigenvalue weighted by molar-refractivity contribution is -0.121. The Bertz CT molecular complexity index is 176. The van der Waals surface area contributed by atoms with Crippen molar-refractivity contribution in [3.05, 3.63) is 11.6 Å². The quantitative estimate of drug-likeness (QED) is 0.591. The molecule has 0 aromatic rings. The van der Waals surface area contributed by atoms with E-state index in [4.69, 9.17) is 0 Å². The second-order valence-corrected chi connectivity index (χ2v) is 4.12. The van der Waals surface area contributed by atoms with Crippen LogP contribution in [0.1, 0.15) is 47.5 Å². The lowest BCUT2D eigenvalue weighted by Gasteiger charge is -2.14. The van der Waals surface area contributed by atoms with E-state index in [9.17, 15) is 4.79 Å². The number of ketones is 1. The number of carbonyl (C=O) groups is 1. The van der Waals surface area contributed by atoms with Crippen molar-refractivity contribution in [2.45, 2.75) is 47.5 Å². The van der Waals surface area contributed by atoms with Gasteiger partial charge in [-0.2, -0.15) is 0 Å². The molecule has 1 heteroatoms. The molecule has 0 aromatic carbocycles. The summed E-state index contributed by atoms with van der Waals surface area (Å²) < 4.78 is 0. The molecule has 12 heavy (non-hydrogen) atoms. The summed E-state index contributed by atoms with van der Waals surface area (Å²) in [5.41, 5.74) is 1.02. The summed E-state index contributed by atoms with van der Waals surface area (Å²) in [5, 5.41) is 0. The van der Waals surface area contributed by atoms with Crippen LogP contribution in [0.25, 0.3) is 0 Å². The van der Waals surface area contributed by atoms with Gasteiger partial charge in [-0.1, -0.05) is 40.2 Å². The zero-order valence-corrected chi connectivity index (χ0v) is 8.90. The van der Waals surface area contributed by atoms with Crippen LogP contribution in [0.5, 0.6) is 0 Å². The van der Waals surface area contributed by atoms with Crippen LogP contribution in [0.3, 0.4) is 0 Å². The van der Waals surface area contributed by atoms with Crippen LogP contribution < -0.4 is 0 Å². The normalized spacial score (nSPS) is 11.1. The summed E-state index contributed by atoms with van der Waals surface area (Å²) >= 11 is 0. The van der Waals surface area contributed by atoms with E-state index in [1.54, 1.807) is 6.08 Å². The smallest absolute Gasteiger partial charge is 0.160 e. The lowest BCUT2D eigenvalue weighted by atomic mass is 9.89. The Labute approximate surface area is 75.9 Å². The van der Waals surface area contributed by atoms with Crippen molar-refractivity contribution in [2.75, 3.05) is 0 Å². The van der Waals surface area contributed by atoms with Gasteiger partial charge < -0.3 is 0 Å². The molecular weight excluding hydrogens is 148 g/mol. The molecule has 0 N–H and O–H groups in total. The molecule has 0 unspecified atom stereocenters. The first kappa shape index (κ1) is 11.4. The molecule has 0 spiro atoms. The summed E-state index contributed by atoms with van der Waals surface area (Å²) in [4.78, 5) is 11.5. The predicted molar refractivity (Wildman–Crippen MR) is 53.1 cm³/mol. The molecular formula is C11H20O. The second kappa shape index (κ2) is 4.44. The maximum atomic E-state index is 11.5. The fraction of sp³-hybridized carbons (Fsp3) is 0.727. The van der Waals surface area contributed by atoms with Crippen LogP contribution in [-0.4, -0.2) is 5.78 Å². The van der Waals surface area contributed by atoms with Crippen LogP contribution in [-0.2, 0) is 4.79 Å². The highest BCUT2D eigenvalue weighted by atomic mass is 16.1. The highest BCUT2D eigenvalue weighted by Gasteiger charge is 2.18. The Morgan fingerprint density at radius 1 is 1.17 bits per heavy atom. The zero-order valence-electron chi connectivity index (χ0n) is 8.90. The number of rotatable bonds is 3. The van der Waals surface area contributed by atoms with Gasteiger partial charge in [0.2, 0.25) is 0 Å². The third kappa shape index (κ3) is 3.70. The molecule has 0 heterocycles. The van der Waals surface area contributed by atoms with Gasteiger partial charge in [-0.05, 0) is 18.9 Å². The van der Waals surface area contributed by atoms with E-state index in [0.717, 1.165) is 12.8 Å². The van der Waals surface area contributed by atoms with Crippen molar-refractivity contribution in [1.82, 2.24) is 0 Å². The van der Waals surface area contributed by atoms with Crippen LogP contribution in [0.15, 0.2) is 11.6 Å². The molecule has 1 nitrogen and oxygen atoms in total. The Kier molecular flexibility index (Phi) is 4.22. The summed E-state index contributed by atoms with van der Waals surface area (Å²) in [6.45, 7) is 10.0. The first-order chi connectivity index (χ1) is 5.41.